The molecule has 0 aromatic heterocycles. The van der Waals surface area contributed by atoms with Crippen LogP contribution < -0.4 is 0 Å². The van der Waals surface area contributed by atoms with Crippen molar-refractivity contribution in [3.8, 4) is 0 Å². The van der Waals surface area contributed by atoms with Crippen molar-refractivity contribution in [1.29, 1.82) is 0 Å². The van der Waals surface area contributed by atoms with Gasteiger partial charge in [0.25, 0.3) is 0 Å². The Bertz CT molecular complexity index is 555. The van der Waals surface area contributed by atoms with Crippen molar-refractivity contribution in [2.24, 2.45) is 5.92 Å². The molecule has 1 aliphatic heterocycles. The van der Waals surface area contributed by atoms with Crippen LogP contribution in [0.1, 0.15) is 78.4 Å². The SMILES string of the molecule is CC.CC.CC(C)CC(Cc1ccccc1)N1CCCCC1.Cc1ccccc1. The van der Waals surface area contributed by atoms with Crippen molar-refractivity contribution >= 4 is 0 Å². The maximum absolute atomic E-state index is 2.73. The van der Waals surface area contributed by atoms with Crippen LogP contribution in [0, 0.1) is 12.8 Å². The van der Waals surface area contributed by atoms with E-state index in [0.717, 1.165) is 12.0 Å². The lowest BCUT2D eigenvalue weighted by molar-refractivity contribution is 0.143. The minimum absolute atomic E-state index is 0.743. The molecule has 1 heteroatoms. The molecule has 3 rings (SSSR count). The molecule has 1 saturated heterocycles. The van der Waals surface area contributed by atoms with E-state index < -0.39 is 0 Å². The molecule has 0 spiro atoms. The third-order valence-electron chi connectivity index (χ3n) is 4.91. The molecular weight excluding hydrogens is 350 g/mol. The number of nitrogens with zero attached hydrogens (tertiary/aromatic N) is 1. The minimum atomic E-state index is 0.743. The number of hydrogen-bond acceptors (Lipinski definition) is 1. The van der Waals surface area contributed by atoms with Crippen LogP contribution in [0.15, 0.2) is 60.7 Å². The molecule has 1 unspecified atom stereocenters. The van der Waals surface area contributed by atoms with Gasteiger partial charge in [-0.1, -0.05) is 114 Å². The summed E-state index contributed by atoms with van der Waals surface area (Å²) in [5.74, 6) is 0.792. The summed E-state index contributed by atoms with van der Waals surface area (Å²) in [4.78, 5) is 2.73. The van der Waals surface area contributed by atoms with Crippen LogP contribution in [-0.4, -0.2) is 24.0 Å². The summed E-state index contributed by atoms with van der Waals surface area (Å²) in [7, 11) is 0. The highest BCUT2D eigenvalue weighted by Crippen LogP contribution is 2.20. The minimum Gasteiger partial charge on any atom is -0.300 e. The lowest BCUT2D eigenvalue weighted by atomic mass is 9.94. The first kappa shape index (κ1) is 27.4. The summed E-state index contributed by atoms with van der Waals surface area (Å²) in [6.45, 7) is 17.4. The maximum Gasteiger partial charge on any atom is 0.0138 e. The molecule has 0 aliphatic carbocycles. The van der Waals surface area contributed by atoms with E-state index in [1.165, 1.54) is 56.3 Å². The van der Waals surface area contributed by atoms with Gasteiger partial charge in [0.1, 0.15) is 0 Å². The fraction of sp³-hybridized carbons (Fsp3) is 0.571. The maximum atomic E-state index is 2.73. The molecule has 29 heavy (non-hydrogen) atoms. The summed E-state index contributed by atoms with van der Waals surface area (Å²) in [6.07, 6.45) is 6.76. The van der Waals surface area contributed by atoms with Crippen LogP contribution in [0.5, 0.6) is 0 Å². The van der Waals surface area contributed by atoms with Crippen LogP contribution in [-0.2, 0) is 6.42 Å². The number of likely N-dealkylation sites (tertiary alicyclic amines) is 1. The van der Waals surface area contributed by atoms with Crippen LogP contribution in [0.2, 0.25) is 0 Å². The Hall–Kier alpha value is -1.60. The first-order valence-corrected chi connectivity index (χ1v) is 11.9. The number of piperidine rings is 1. The average molecular weight is 398 g/mol. The molecule has 1 atom stereocenters. The zero-order valence-electron chi connectivity index (χ0n) is 20.3. The summed E-state index contributed by atoms with van der Waals surface area (Å²) >= 11 is 0. The van der Waals surface area contributed by atoms with E-state index >= 15 is 0 Å². The normalized spacial score (nSPS) is 14.3. The molecule has 1 heterocycles. The van der Waals surface area contributed by atoms with Crippen molar-refractivity contribution in [1.82, 2.24) is 4.90 Å². The summed E-state index contributed by atoms with van der Waals surface area (Å²) in [5, 5.41) is 0. The summed E-state index contributed by atoms with van der Waals surface area (Å²) in [6, 6.07) is 22.0. The quantitative estimate of drug-likeness (QED) is 0.491. The van der Waals surface area contributed by atoms with E-state index in [9.17, 15) is 0 Å². The molecule has 2 aromatic carbocycles. The van der Waals surface area contributed by atoms with Gasteiger partial charge in [0.05, 0.1) is 0 Å². The largest absolute Gasteiger partial charge is 0.300 e. The Labute approximate surface area is 182 Å². The Morgan fingerprint density at radius 3 is 1.62 bits per heavy atom. The van der Waals surface area contributed by atoms with Gasteiger partial charge in [0, 0.05) is 6.04 Å². The van der Waals surface area contributed by atoms with E-state index in [1.54, 1.807) is 0 Å². The second kappa shape index (κ2) is 18.4. The number of hydrogen-bond donors (Lipinski definition) is 0. The molecule has 2 aromatic rings. The number of benzene rings is 2. The van der Waals surface area contributed by atoms with Crippen LogP contribution in [0.25, 0.3) is 0 Å². The van der Waals surface area contributed by atoms with E-state index in [0.29, 0.717) is 0 Å². The lowest BCUT2D eigenvalue weighted by Gasteiger charge is -2.35. The van der Waals surface area contributed by atoms with Crippen LogP contribution >= 0.6 is 0 Å². The Kier molecular flexibility index (Phi) is 17.4. The Balaban J connectivity index is 0.000000593. The molecule has 1 fully saturated rings. The number of aryl methyl sites for hydroxylation is 1. The summed E-state index contributed by atoms with van der Waals surface area (Å²) < 4.78 is 0. The van der Waals surface area contributed by atoms with Gasteiger partial charge in [-0.3, -0.25) is 0 Å². The Morgan fingerprint density at radius 2 is 1.21 bits per heavy atom. The van der Waals surface area contributed by atoms with E-state index in [2.05, 4.69) is 68.1 Å². The topological polar surface area (TPSA) is 3.24 Å². The molecule has 0 amide bonds. The van der Waals surface area contributed by atoms with Gasteiger partial charge in [-0.05, 0) is 57.2 Å². The molecule has 1 aliphatic rings. The van der Waals surface area contributed by atoms with Gasteiger partial charge in [-0.15, -0.1) is 0 Å². The van der Waals surface area contributed by atoms with Crippen molar-refractivity contribution in [2.75, 3.05) is 13.1 Å². The highest BCUT2D eigenvalue weighted by Gasteiger charge is 2.21. The molecule has 0 saturated carbocycles. The summed E-state index contributed by atoms with van der Waals surface area (Å²) in [5.41, 5.74) is 2.82. The lowest BCUT2D eigenvalue weighted by Crippen LogP contribution is -2.41. The molecule has 0 radical (unpaired) electrons. The van der Waals surface area contributed by atoms with Crippen molar-refractivity contribution in [3.05, 3.63) is 71.8 Å². The predicted molar refractivity (Wildman–Crippen MR) is 133 cm³/mol. The first-order chi connectivity index (χ1) is 14.1. The van der Waals surface area contributed by atoms with E-state index in [1.807, 2.05) is 45.9 Å². The van der Waals surface area contributed by atoms with E-state index in [-0.39, 0.29) is 0 Å². The van der Waals surface area contributed by atoms with Gasteiger partial charge in [-0.2, -0.15) is 0 Å². The van der Waals surface area contributed by atoms with Gasteiger partial charge >= 0.3 is 0 Å². The van der Waals surface area contributed by atoms with E-state index in [4.69, 9.17) is 0 Å². The molecule has 164 valence electrons. The molecule has 1 nitrogen and oxygen atoms in total. The van der Waals surface area contributed by atoms with Gasteiger partial charge in [-0.25, -0.2) is 0 Å². The van der Waals surface area contributed by atoms with Gasteiger partial charge in [0.2, 0.25) is 0 Å². The number of rotatable bonds is 5. The highest BCUT2D eigenvalue weighted by molar-refractivity contribution is 5.16. The molecular formula is C28H47N. The van der Waals surface area contributed by atoms with Crippen molar-refractivity contribution < 1.29 is 0 Å². The van der Waals surface area contributed by atoms with Crippen molar-refractivity contribution in [2.45, 2.75) is 86.6 Å². The molecule has 0 bridgehead atoms. The zero-order valence-corrected chi connectivity index (χ0v) is 20.3. The second-order valence-electron chi connectivity index (χ2n) is 7.72. The second-order valence-corrected chi connectivity index (χ2v) is 7.72. The third-order valence-corrected chi connectivity index (χ3v) is 4.91. The van der Waals surface area contributed by atoms with Crippen LogP contribution in [0.4, 0.5) is 0 Å². The fourth-order valence-electron chi connectivity index (χ4n) is 3.61. The Morgan fingerprint density at radius 1 is 0.724 bits per heavy atom. The van der Waals surface area contributed by atoms with Gasteiger partial charge < -0.3 is 4.90 Å². The smallest absolute Gasteiger partial charge is 0.0138 e. The van der Waals surface area contributed by atoms with Gasteiger partial charge in [0.15, 0.2) is 0 Å². The fourth-order valence-corrected chi connectivity index (χ4v) is 3.61. The monoisotopic (exact) mass is 397 g/mol. The highest BCUT2D eigenvalue weighted by atomic mass is 15.2. The molecule has 0 N–H and O–H groups in total. The average Bonchev–Trinajstić information content (AvgIpc) is 2.78. The standard InChI is InChI=1S/C17H27N.C7H8.2C2H6/c1-15(2)13-17(18-11-7-4-8-12-18)14-16-9-5-3-6-10-16;1-7-5-3-2-4-6-7;2*1-2/h3,5-6,9-10,15,17H,4,7-8,11-14H2,1-2H3;2-6H,1H3;2*1-2H3. The third kappa shape index (κ3) is 13.3. The zero-order chi connectivity index (χ0) is 21.9. The van der Waals surface area contributed by atoms with Crippen molar-refractivity contribution in [3.63, 3.8) is 0 Å². The van der Waals surface area contributed by atoms with Crippen LogP contribution in [0.3, 0.4) is 0 Å². The predicted octanol–water partition coefficient (Wildman–Crippen LogP) is 8.18. The first-order valence-electron chi connectivity index (χ1n) is 11.9.